The molecule has 6 heteroatoms. The lowest BCUT2D eigenvalue weighted by molar-refractivity contribution is 0.142. The average molecular weight is 246 g/mol. The van der Waals surface area contributed by atoms with Crippen molar-refractivity contribution in [1.29, 1.82) is 5.26 Å². The minimum Gasteiger partial charge on any atom is -0.465 e. The van der Waals surface area contributed by atoms with Gasteiger partial charge in [-0.05, 0) is 18.2 Å². The van der Waals surface area contributed by atoms with Crippen LogP contribution in [0, 0.1) is 11.3 Å². The fraction of sp³-hybridized carbons (Fsp3) is 0.333. The van der Waals surface area contributed by atoms with Crippen molar-refractivity contribution in [3.63, 3.8) is 0 Å². The van der Waals surface area contributed by atoms with Gasteiger partial charge in [-0.25, -0.2) is 4.79 Å². The van der Waals surface area contributed by atoms with E-state index in [4.69, 9.17) is 16.1 Å². The molecular weight excluding hydrogens is 232 g/mol. The van der Waals surface area contributed by atoms with Gasteiger partial charge in [0.25, 0.3) is 0 Å². The van der Waals surface area contributed by atoms with Crippen molar-refractivity contribution in [2.24, 2.45) is 0 Å². The van der Waals surface area contributed by atoms with Gasteiger partial charge in [-0.15, -0.1) is 0 Å². The van der Waals surface area contributed by atoms with E-state index in [1.165, 1.54) is 4.90 Å². The molecule has 0 aliphatic carbocycles. The number of anilines is 2. The molecule has 1 fully saturated rings. The van der Waals surface area contributed by atoms with Crippen LogP contribution in [0.2, 0.25) is 0 Å². The second-order valence-corrected chi connectivity index (χ2v) is 4.15. The van der Waals surface area contributed by atoms with Crippen molar-refractivity contribution in [1.82, 2.24) is 4.90 Å². The second-order valence-electron chi connectivity index (χ2n) is 4.15. The van der Waals surface area contributed by atoms with Crippen LogP contribution in [0.1, 0.15) is 5.56 Å². The third-order valence-electron chi connectivity index (χ3n) is 3.03. The van der Waals surface area contributed by atoms with Gasteiger partial charge in [0.15, 0.2) is 0 Å². The first-order chi connectivity index (χ1) is 8.61. The maximum absolute atomic E-state index is 10.8. The van der Waals surface area contributed by atoms with E-state index >= 15 is 0 Å². The first kappa shape index (κ1) is 12.0. The van der Waals surface area contributed by atoms with Crippen molar-refractivity contribution < 1.29 is 9.90 Å². The van der Waals surface area contributed by atoms with E-state index in [9.17, 15) is 4.79 Å². The number of benzene rings is 1. The van der Waals surface area contributed by atoms with Gasteiger partial charge in [0.1, 0.15) is 6.07 Å². The Morgan fingerprint density at radius 2 is 2.00 bits per heavy atom. The lowest BCUT2D eigenvalue weighted by Crippen LogP contribution is -2.48. The Bertz CT molecular complexity index is 501. The zero-order chi connectivity index (χ0) is 13.1. The Kier molecular flexibility index (Phi) is 3.24. The molecule has 18 heavy (non-hydrogen) atoms. The van der Waals surface area contributed by atoms with E-state index in [0.717, 1.165) is 5.69 Å². The highest BCUT2D eigenvalue weighted by atomic mass is 16.4. The zero-order valence-corrected chi connectivity index (χ0v) is 9.83. The molecule has 2 rings (SSSR count). The van der Waals surface area contributed by atoms with Gasteiger partial charge >= 0.3 is 6.09 Å². The van der Waals surface area contributed by atoms with Gasteiger partial charge in [0, 0.05) is 31.9 Å². The Labute approximate surface area is 105 Å². The SMILES string of the molecule is N#Cc1cc(N)ccc1N1CCN(C(=O)O)CC1. The van der Waals surface area contributed by atoms with Crippen LogP contribution in [0.15, 0.2) is 18.2 Å². The van der Waals surface area contributed by atoms with E-state index in [1.54, 1.807) is 12.1 Å². The molecule has 0 bridgehead atoms. The lowest BCUT2D eigenvalue weighted by atomic mass is 10.1. The number of carbonyl (C=O) groups is 1. The molecule has 1 aromatic rings. The predicted octanol–water partition coefficient (Wildman–Crippen LogP) is 0.940. The first-order valence-corrected chi connectivity index (χ1v) is 5.64. The van der Waals surface area contributed by atoms with E-state index in [-0.39, 0.29) is 0 Å². The standard InChI is InChI=1S/C12H14N4O2/c13-8-9-7-10(14)1-2-11(9)15-3-5-16(6-4-15)12(17)18/h1-2,7H,3-6,14H2,(H,17,18). The number of nitrogen functional groups attached to an aromatic ring is 1. The molecule has 3 N–H and O–H groups in total. The summed E-state index contributed by atoms with van der Waals surface area (Å²) >= 11 is 0. The minimum atomic E-state index is -0.896. The molecule has 1 aliphatic rings. The number of amides is 1. The zero-order valence-electron chi connectivity index (χ0n) is 9.83. The number of carboxylic acid groups (broad SMARTS) is 1. The van der Waals surface area contributed by atoms with Crippen LogP contribution < -0.4 is 10.6 Å². The Hall–Kier alpha value is -2.42. The fourth-order valence-electron chi connectivity index (χ4n) is 2.06. The summed E-state index contributed by atoms with van der Waals surface area (Å²) in [7, 11) is 0. The van der Waals surface area contributed by atoms with Crippen LogP contribution >= 0.6 is 0 Å². The van der Waals surface area contributed by atoms with Crippen LogP contribution in [0.25, 0.3) is 0 Å². The lowest BCUT2D eigenvalue weighted by Gasteiger charge is -2.35. The highest BCUT2D eigenvalue weighted by molar-refractivity contribution is 5.67. The summed E-state index contributed by atoms with van der Waals surface area (Å²) in [5.41, 5.74) is 7.54. The Morgan fingerprint density at radius 3 is 2.56 bits per heavy atom. The van der Waals surface area contributed by atoms with Crippen LogP contribution in [0.3, 0.4) is 0 Å². The van der Waals surface area contributed by atoms with Crippen molar-refractivity contribution in [3.8, 4) is 6.07 Å². The molecule has 1 amide bonds. The van der Waals surface area contributed by atoms with Gasteiger partial charge in [0.05, 0.1) is 11.3 Å². The molecule has 1 aromatic carbocycles. The molecule has 0 spiro atoms. The van der Waals surface area contributed by atoms with Crippen LogP contribution in [0.4, 0.5) is 16.2 Å². The maximum atomic E-state index is 10.8. The summed E-state index contributed by atoms with van der Waals surface area (Å²) in [6.45, 7) is 2.07. The average Bonchev–Trinajstić information content (AvgIpc) is 2.38. The molecule has 0 atom stereocenters. The van der Waals surface area contributed by atoms with Crippen molar-refractivity contribution in [2.45, 2.75) is 0 Å². The smallest absolute Gasteiger partial charge is 0.407 e. The molecule has 0 aromatic heterocycles. The molecule has 1 saturated heterocycles. The van der Waals surface area contributed by atoms with Crippen molar-refractivity contribution >= 4 is 17.5 Å². The summed E-state index contributed by atoms with van der Waals surface area (Å²) in [5.74, 6) is 0. The quantitative estimate of drug-likeness (QED) is 0.719. The summed E-state index contributed by atoms with van der Waals surface area (Å²) in [5, 5.41) is 17.9. The normalized spacial score (nSPS) is 15.3. The monoisotopic (exact) mass is 246 g/mol. The number of nitrogens with two attached hydrogens (primary N) is 1. The van der Waals surface area contributed by atoms with Gasteiger partial charge in [-0.1, -0.05) is 0 Å². The highest BCUT2D eigenvalue weighted by Gasteiger charge is 2.21. The topological polar surface area (TPSA) is 93.6 Å². The molecule has 6 nitrogen and oxygen atoms in total. The van der Waals surface area contributed by atoms with Gasteiger partial charge in [0.2, 0.25) is 0 Å². The highest BCUT2D eigenvalue weighted by Crippen LogP contribution is 2.23. The summed E-state index contributed by atoms with van der Waals surface area (Å²) < 4.78 is 0. The Morgan fingerprint density at radius 1 is 1.33 bits per heavy atom. The Balaban J connectivity index is 2.15. The molecule has 1 heterocycles. The van der Waals surface area contributed by atoms with Crippen LogP contribution in [0.5, 0.6) is 0 Å². The molecule has 0 radical (unpaired) electrons. The number of hydrogen-bond donors (Lipinski definition) is 2. The van der Waals surface area contributed by atoms with E-state index in [0.29, 0.717) is 37.4 Å². The molecular formula is C12H14N4O2. The summed E-state index contributed by atoms with van der Waals surface area (Å²) in [6.07, 6.45) is -0.896. The third-order valence-corrected chi connectivity index (χ3v) is 3.03. The van der Waals surface area contributed by atoms with Crippen LogP contribution in [-0.2, 0) is 0 Å². The van der Waals surface area contributed by atoms with E-state index < -0.39 is 6.09 Å². The number of piperazine rings is 1. The van der Waals surface area contributed by atoms with Gasteiger partial charge < -0.3 is 20.6 Å². The second kappa shape index (κ2) is 4.84. The van der Waals surface area contributed by atoms with Crippen molar-refractivity contribution in [2.75, 3.05) is 36.8 Å². The van der Waals surface area contributed by atoms with Crippen molar-refractivity contribution in [3.05, 3.63) is 23.8 Å². The largest absolute Gasteiger partial charge is 0.465 e. The maximum Gasteiger partial charge on any atom is 0.407 e. The third kappa shape index (κ3) is 2.30. The van der Waals surface area contributed by atoms with E-state index in [2.05, 4.69) is 6.07 Å². The molecule has 1 aliphatic heterocycles. The summed E-state index contributed by atoms with van der Waals surface area (Å²) in [6, 6.07) is 7.31. The van der Waals surface area contributed by atoms with Gasteiger partial charge in [-0.2, -0.15) is 5.26 Å². The molecule has 0 unspecified atom stereocenters. The minimum absolute atomic E-state index is 0.449. The molecule has 94 valence electrons. The molecule has 0 saturated carbocycles. The fourth-order valence-corrected chi connectivity index (χ4v) is 2.06. The summed E-state index contributed by atoms with van der Waals surface area (Å²) in [4.78, 5) is 14.2. The number of nitriles is 1. The number of rotatable bonds is 1. The predicted molar refractivity (Wildman–Crippen MR) is 67.4 cm³/mol. The number of nitrogens with zero attached hydrogens (tertiary/aromatic N) is 3. The van der Waals surface area contributed by atoms with E-state index in [1.807, 2.05) is 11.0 Å². The first-order valence-electron chi connectivity index (χ1n) is 5.64. The van der Waals surface area contributed by atoms with Crippen LogP contribution in [-0.4, -0.2) is 42.3 Å². The number of hydrogen-bond acceptors (Lipinski definition) is 4. The van der Waals surface area contributed by atoms with Gasteiger partial charge in [-0.3, -0.25) is 0 Å².